The van der Waals surface area contributed by atoms with Crippen molar-refractivity contribution in [2.45, 2.75) is 38.9 Å². The SMILES string of the molecule is C[SiH](C)OCC=C(Sc1ccc2ccccc2n1)C(C)(C)C. The van der Waals surface area contributed by atoms with E-state index in [1.165, 1.54) is 10.3 Å². The Morgan fingerprint density at radius 3 is 2.59 bits per heavy atom. The number of nitrogens with zero attached hydrogens (tertiary/aromatic N) is 1. The van der Waals surface area contributed by atoms with E-state index in [1.807, 2.05) is 12.1 Å². The van der Waals surface area contributed by atoms with Gasteiger partial charge in [0.1, 0.15) is 5.03 Å². The second-order valence-electron chi connectivity index (χ2n) is 6.64. The first-order valence-corrected chi connectivity index (χ1v) is 11.3. The van der Waals surface area contributed by atoms with E-state index in [-0.39, 0.29) is 5.41 Å². The fraction of sp³-hybridized carbons (Fsp3) is 0.389. The molecule has 0 aliphatic carbocycles. The summed E-state index contributed by atoms with van der Waals surface area (Å²) in [4.78, 5) is 6.07. The first kappa shape index (κ1) is 17.3. The van der Waals surface area contributed by atoms with Crippen molar-refractivity contribution in [3.8, 4) is 0 Å². The summed E-state index contributed by atoms with van der Waals surface area (Å²) in [6.45, 7) is 11.8. The first-order chi connectivity index (χ1) is 10.4. The van der Waals surface area contributed by atoms with Crippen LogP contribution >= 0.6 is 11.8 Å². The molecule has 0 saturated carbocycles. The summed E-state index contributed by atoms with van der Waals surface area (Å²) in [5.74, 6) is 0. The van der Waals surface area contributed by atoms with Crippen LogP contribution < -0.4 is 0 Å². The van der Waals surface area contributed by atoms with Crippen molar-refractivity contribution >= 4 is 31.7 Å². The van der Waals surface area contributed by atoms with Gasteiger partial charge >= 0.3 is 0 Å². The molecule has 1 aromatic heterocycles. The minimum Gasteiger partial charge on any atom is -0.417 e. The molecule has 1 heterocycles. The molecule has 118 valence electrons. The number of hydrogen-bond donors (Lipinski definition) is 0. The normalized spacial score (nSPS) is 13.1. The van der Waals surface area contributed by atoms with Gasteiger partial charge in [0.15, 0.2) is 9.04 Å². The molecule has 2 aromatic rings. The summed E-state index contributed by atoms with van der Waals surface area (Å²) >= 11 is 1.75. The molecular weight excluding hydrogens is 306 g/mol. The molecule has 2 rings (SSSR count). The van der Waals surface area contributed by atoms with E-state index >= 15 is 0 Å². The van der Waals surface area contributed by atoms with Crippen molar-refractivity contribution in [3.63, 3.8) is 0 Å². The minimum atomic E-state index is -0.971. The molecule has 1 aromatic carbocycles. The minimum absolute atomic E-state index is 0.0971. The van der Waals surface area contributed by atoms with Crippen LogP contribution in [0.3, 0.4) is 0 Å². The molecule has 0 bridgehead atoms. The van der Waals surface area contributed by atoms with Crippen LogP contribution in [0.1, 0.15) is 20.8 Å². The second-order valence-corrected chi connectivity index (χ2v) is 10.1. The number of rotatable bonds is 5. The number of pyridine rings is 1. The van der Waals surface area contributed by atoms with Gasteiger partial charge in [0.2, 0.25) is 0 Å². The van der Waals surface area contributed by atoms with Crippen molar-refractivity contribution in [2.24, 2.45) is 5.41 Å². The van der Waals surface area contributed by atoms with Crippen LogP contribution in [0.4, 0.5) is 0 Å². The summed E-state index contributed by atoms with van der Waals surface area (Å²) in [6.07, 6.45) is 2.22. The molecule has 0 atom stereocenters. The number of hydrogen-bond acceptors (Lipinski definition) is 3. The van der Waals surface area contributed by atoms with Gasteiger partial charge in [-0.15, -0.1) is 0 Å². The third kappa shape index (κ3) is 4.97. The fourth-order valence-corrected chi connectivity index (χ4v) is 3.48. The van der Waals surface area contributed by atoms with Crippen molar-refractivity contribution < 1.29 is 4.43 Å². The van der Waals surface area contributed by atoms with E-state index in [0.29, 0.717) is 6.61 Å². The molecule has 0 fully saturated rings. The molecule has 2 nitrogen and oxygen atoms in total. The Hall–Kier alpha value is -1.10. The zero-order valence-electron chi connectivity index (χ0n) is 14.1. The standard InChI is InChI=1S/C18H25NOSSi/c1-18(2,3)16(12-13-20-22(4)5)21-17-11-10-14-8-6-7-9-15(14)19-17/h6-12,22H,13H2,1-5H3. The molecular formula is C18H25NOSSi. The monoisotopic (exact) mass is 331 g/mol. The van der Waals surface area contributed by atoms with E-state index < -0.39 is 9.04 Å². The molecule has 0 N–H and O–H groups in total. The predicted molar refractivity (Wildman–Crippen MR) is 100.0 cm³/mol. The Labute approximate surface area is 139 Å². The van der Waals surface area contributed by atoms with Crippen LogP contribution in [0.5, 0.6) is 0 Å². The van der Waals surface area contributed by atoms with Crippen LogP contribution in [-0.2, 0) is 4.43 Å². The van der Waals surface area contributed by atoms with Gasteiger partial charge in [-0.2, -0.15) is 0 Å². The average molecular weight is 332 g/mol. The predicted octanol–water partition coefficient (Wildman–Crippen LogP) is 5.26. The first-order valence-electron chi connectivity index (χ1n) is 7.72. The van der Waals surface area contributed by atoms with Gasteiger partial charge in [0.05, 0.1) is 12.1 Å². The zero-order chi connectivity index (χ0) is 16.2. The zero-order valence-corrected chi connectivity index (χ0v) is 16.1. The summed E-state index contributed by atoms with van der Waals surface area (Å²) in [5, 5.41) is 2.23. The van der Waals surface area contributed by atoms with Gasteiger partial charge in [-0.3, -0.25) is 0 Å². The van der Waals surface area contributed by atoms with Crippen molar-refractivity contribution in [1.29, 1.82) is 0 Å². The lowest BCUT2D eigenvalue weighted by Crippen LogP contribution is -2.11. The number of aromatic nitrogens is 1. The highest BCUT2D eigenvalue weighted by atomic mass is 32.2. The molecule has 0 aliphatic rings. The van der Waals surface area contributed by atoms with Gasteiger partial charge in [-0.25, -0.2) is 4.98 Å². The van der Waals surface area contributed by atoms with Crippen LogP contribution in [0, 0.1) is 5.41 Å². The van der Waals surface area contributed by atoms with Gasteiger partial charge in [-0.1, -0.05) is 56.8 Å². The van der Waals surface area contributed by atoms with Crippen LogP contribution in [0.2, 0.25) is 13.1 Å². The van der Waals surface area contributed by atoms with Gasteiger partial charge in [-0.05, 0) is 41.6 Å². The molecule has 4 heteroatoms. The lowest BCUT2D eigenvalue weighted by Gasteiger charge is -2.22. The van der Waals surface area contributed by atoms with Gasteiger partial charge < -0.3 is 4.43 Å². The summed E-state index contributed by atoms with van der Waals surface area (Å²) in [7, 11) is -0.971. The smallest absolute Gasteiger partial charge is 0.171 e. The Bertz CT molecular complexity index is 661. The number of para-hydroxylation sites is 1. The molecule has 0 saturated heterocycles. The highest BCUT2D eigenvalue weighted by Crippen LogP contribution is 2.38. The lowest BCUT2D eigenvalue weighted by atomic mass is 9.96. The van der Waals surface area contributed by atoms with E-state index in [1.54, 1.807) is 11.8 Å². The molecule has 0 amide bonds. The second kappa shape index (κ2) is 7.44. The maximum absolute atomic E-state index is 5.80. The van der Waals surface area contributed by atoms with Crippen molar-refractivity contribution in [1.82, 2.24) is 4.98 Å². The summed E-state index contributed by atoms with van der Waals surface area (Å²) in [5.41, 5.74) is 1.14. The van der Waals surface area contributed by atoms with E-state index in [2.05, 4.69) is 64.2 Å². The van der Waals surface area contributed by atoms with E-state index in [0.717, 1.165) is 10.5 Å². The molecule has 0 spiro atoms. The maximum atomic E-state index is 5.80. The topological polar surface area (TPSA) is 22.1 Å². The third-order valence-electron chi connectivity index (χ3n) is 3.22. The average Bonchev–Trinajstić information content (AvgIpc) is 2.44. The van der Waals surface area contributed by atoms with Gasteiger partial charge in [0.25, 0.3) is 0 Å². The Balaban J connectivity index is 2.21. The highest BCUT2D eigenvalue weighted by Gasteiger charge is 2.19. The van der Waals surface area contributed by atoms with Crippen molar-refractivity contribution in [2.75, 3.05) is 6.61 Å². The Kier molecular flexibility index (Phi) is 5.84. The molecule has 0 unspecified atom stereocenters. The van der Waals surface area contributed by atoms with Crippen LogP contribution in [-0.4, -0.2) is 20.6 Å². The Morgan fingerprint density at radius 1 is 1.18 bits per heavy atom. The number of thioether (sulfide) groups is 1. The number of fused-ring (bicyclic) bond motifs is 1. The number of benzene rings is 1. The highest BCUT2D eigenvalue weighted by molar-refractivity contribution is 8.03. The van der Waals surface area contributed by atoms with Crippen LogP contribution in [0.15, 0.2) is 52.4 Å². The Morgan fingerprint density at radius 2 is 1.91 bits per heavy atom. The molecule has 0 aliphatic heterocycles. The summed E-state index contributed by atoms with van der Waals surface area (Å²) in [6, 6.07) is 12.5. The van der Waals surface area contributed by atoms with E-state index in [4.69, 9.17) is 9.41 Å². The number of allylic oxidation sites excluding steroid dienone is 1. The fourth-order valence-electron chi connectivity index (χ4n) is 2.03. The largest absolute Gasteiger partial charge is 0.417 e. The summed E-state index contributed by atoms with van der Waals surface area (Å²) < 4.78 is 5.80. The lowest BCUT2D eigenvalue weighted by molar-refractivity contribution is 0.371. The molecule has 22 heavy (non-hydrogen) atoms. The van der Waals surface area contributed by atoms with Gasteiger partial charge in [0, 0.05) is 5.39 Å². The van der Waals surface area contributed by atoms with Crippen LogP contribution in [0.25, 0.3) is 10.9 Å². The van der Waals surface area contributed by atoms with Crippen molar-refractivity contribution in [3.05, 3.63) is 47.4 Å². The maximum Gasteiger partial charge on any atom is 0.171 e. The van der Waals surface area contributed by atoms with E-state index in [9.17, 15) is 0 Å². The molecule has 0 radical (unpaired) electrons. The third-order valence-corrected chi connectivity index (χ3v) is 5.52. The quantitative estimate of drug-likeness (QED) is 0.551.